The Labute approximate surface area is 154 Å². The van der Waals surface area contributed by atoms with Crippen LogP contribution in [-0.4, -0.2) is 22.5 Å². The minimum Gasteiger partial charge on any atom is -0.507 e. The SMILES string of the molecule is CC(=O)c1cc(-c2ccc(C=C3C(=O)c4ccccc4C3=O)o2)ccc1O. The number of rotatable bonds is 3. The summed E-state index contributed by atoms with van der Waals surface area (Å²) in [6.07, 6.45) is 1.43. The van der Waals surface area contributed by atoms with Crippen LogP contribution in [-0.2, 0) is 0 Å². The molecule has 0 fully saturated rings. The monoisotopic (exact) mass is 358 g/mol. The summed E-state index contributed by atoms with van der Waals surface area (Å²) in [6, 6.07) is 14.6. The second-order valence-electron chi connectivity index (χ2n) is 6.25. The molecule has 1 aliphatic rings. The molecule has 1 aromatic heterocycles. The van der Waals surface area contributed by atoms with Gasteiger partial charge in [-0.2, -0.15) is 0 Å². The maximum atomic E-state index is 12.4. The van der Waals surface area contributed by atoms with E-state index in [9.17, 15) is 19.5 Å². The van der Waals surface area contributed by atoms with Gasteiger partial charge in [0.25, 0.3) is 0 Å². The Morgan fingerprint density at radius 1 is 0.963 bits per heavy atom. The number of carbonyl (C=O) groups excluding carboxylic acids is 3. The topological polar surface area (TPSA) is 84.6 Å². The van der Waals surface area contributed by atoms with Gasteiger partial charge in [-0.3, -0.25) is 14.4 Å². The Hall–Kier alpha value is -3.73. The predicted molar refractivity (Wildman–Crippen MR) is 98.9 cm³/mol. The van der Waals surface area contributed by atoms with E-state index in [4.69, 9.17) is 4.42 Å². The van der Waals surface area contributed by atoms with E-state index in [1.165, 1.54) is 25.1 Å². The van der Waals surface area contributed by atoms with E-state index in [-0.39, 0.29) is 34.2 Å². The summed E-state index contributed by atoms with van der Waals surface area (Å²) in [5, 5.41) is 9.76. The van der Waals surface area contributed by atoms with Gasteiger partial charge in [-0.1, -0.05) is 24.3 Å². The molecule has 0 aliphatic heterocycles. The number of phenols is 1. The lowest BCUT2D eigenvalue weighted by Crippen LogP contribution is -1.99. The third kappa shape index (κ3) is 2.79. The number of aromatic hydroxyl groups is 1. The third-order valence-corrected chi connectivity index (χ3v) is 4.48. The van der Waals surface area contributed by atoms with Crippen LogP contribution in [0.15, 0.2) is 64.6 Å². The molecule has 1 N–H and O–H groups in total. The average molecular weight is 358 g/mol. The van der Waals surface area contributed by atoms with Gasteiger partial charge in [-0.05, 0) is 43.3 Å². The molecule has 0 spiro atoms. The molecule has 1 heterocycles. The molecule has 2 aromatic carbocycles. The summed E-state index contributed by atoms with van der Waals surface area (Å²) in [5.74, 6) is -0.191. The molecular weight excluding hydrogens is 344 g/mol. The number of allylic oxidation sites excluding steroid dienone is 1. The van der Waals surface area contributed by atoms with Gasteiger partial charge in [-0.25, -0.2) is 0 Å². The van der Waals surface area contributed by atoms with Crippen LogP contribution in [0.3, 0.4) is 0 Å². The first-order valence-electron chi connectivity index (χ1n) is 8.30. The van der Waals surface area contributed by atoms with Gasteiger partial charge in [-0.15, -0.1) is 0 Å². The van der Waals surface area contributed by atoms with Gasteiger partial charge in [0, 0.05) is 16.7 Å². The fourth-order valence-corrected chi connectivity index (χ4v) is 3.10. The molecule has 0 saturated carbocycles. The van der Waals surface area contributed by atoms with Gasteiger partial charge >= 0.3 is 0 Å². The van der Waals surface area contributed by atoms with Crippen molar-refractivity contribution >= 4 is 23.4 Å². The minimum atomic E-state index is -0.322. The smallest absolute Gasteiger partial charge is 0.197 e. The van der Waals surface area contributed by atoms with E-state index in [0.29, 0.717) is 28.2 Å². The van der Waals surface area contributed by atoms with Crippen LogP contribution in [0, 0.1) is 0 Å². The van der Waals surface area contributed by atoms with Crippen LogP contribution >= 0.6 is 0 Å². The number of carbonyl (C=O) groups is 3. The molecule has 0 radical (unpaired) electrons. The molecule has 132 valence electrons. The highest BCUT2D eigenvalue weighted by molar-refractivity contribution is 6.41. The molecular formula is C22H14O5. The fraction of sp³-hybridized carbons (Fsp3) is 0.0455. The average Bonchev–Trinajstić information content (AvgIpc) is 3.22. The van der Waals surface area contributed by atoms with Gasteiger partial charge < -0.3 is 9.52 Å². The van der Waals surface area contributed by atoms with Crippen LogP contribution in [0.25, 0.3) is 17.4 Å². The summed E-state index contributed by atoms with van der Waals surface area (Å²) < 4.78 is 5.73. The number of fused-ring (bicyclic) bond motifs is 1. The number of ketones is 3. The normalized spacial score (nSPS) is 13.0. The lowest BCUT2D eigenvalue weighted by molar-refractivity contribution is 0.0985. The van der Waals surface area contributed by atoms with Crippen molar-refractivity contribution in [3.05, 3.63) is 82.6 Å². The van der Waals surface area contributed by atoms with Crippen LogP contribution in [0.2, 0.25) is 0 Å². The first kappa shape index (κ1) is 16.7. The van der Waals surface area contributed by atoms with Crippen molar-refractivity contribution in [2.75, 3.05) is 0 Å². The van der Waals surface area contributed by atoms with Crippen molar-refractivity contribution in [3.63, 3.8) is 0 Å². The summed E-state index contributed by atoms with van der Waals surface area (Å²) in [6.45, 7) is 1.37. The first-order valence-corrected chi connectivity index (χ1v) is 8.30. The molecule has 27 heavy (non-hydrogen) atoms. The standard InChI is InChI=1S/C22H14O5/c1-12(23)17-10-13(6-8-19(17)24)20-9-7-14(27-20)11-18-21(25)15-4-2-3-5-16(15)22(18)26/h2-11,24H,1H3. The second-order valence-corrected chi connectivity index (χ2v) is 6.25. The highest BCUT2D eigenvalue weighted by Crippen LogP contribution is 2.31. The van der Waals surface area contributed by atoms with E-state index >= 15 is 0 Å². The Kier molecular flexibility index (Phi) is 3.85. The lowest BCUT2D eigenvalue weighted by atomic mass is 10.1. The van der Waals surface area contributed by atoms with Crippen LogP contribution in [0.5, 0.6) is 5.75 Å². The van der Waals surface area contributed by atoms with Crippen molar-refractivity contribution in [1.29, 1.82) is 0 Å². The summed E-state index contributed by atoms with van der Waals surface area (Å²) in [7, 11) is 0. The van der Waals surface area contributed by atoms with E-state index in [2.05, 4.69) is 0 Å². The molecule has 5 heteroatoms. The number of benzene rings is 2. The Bertz CT molecular complexity index is 1110. The Balaban J connectivity index is 1.70. The van der Waals surface area contributed by atoms with Crippen LogP contribution < -0.4 is 0 Å². The van der Waals surface area contributed by atoms with Crippen LogP contribution in [0.1, 0.15) is 43.8 Å². The largest absolute Gasteiger partial charge is 0.507 e. The number of Topliss-reactive ketones (excluding diaryl/α,β-unsaturated/α-hetero) is 3. The van der Waals surface area contributed by atoms with E-state index in [1.807, 2.05) is 0 Å². The third-order valence-electron chi connectivity index (χ3n) is 4.48. The molecule has 0 bridgehead atoms. The zero-order valence-electron chi connectivity index (χ0n) is 14.4. The van der Waals surface area contributed by atoms with Crippen LogP contribution in [0.4, 0.5) is 0 Å². The Morgan fingerprint density at radius 3 is 2.26 bits per heavy atom. The number of hydrogen-bond acceptors (Lipinski definition) is 5. The molecule has 4 rings (SSSR count). The van der Waals surface area contributed by atoms with E-state index in [1.54, 1.807) is 42.5 Å². The molecule has 0 atom stereocenters. The van der Waals surface area contributed by atoms with E-state index in [0.717, 1.165) is 0 Å². The number of furan rings is 1. The maximum absolute atomic E-state index is 12.4. The van der Waals surface area contributed by atoms with E-state index < -0.39 is 0 Å². The Morgan fingerprint density at radius 2 is 1.63 bits per heavy atom. The molecule has 1 aliphatic carbocycles. The predicted octanol–water partition coefficient (Wildman–Crippen LogP) is 4.32. The van der Waals surface area contributed by atoms with Gasteiger partial charge in [0.05, 0.1) is 11.1 Å². The van der Waals surface area contributed by atoms with Gasteiger partial charge in [0.1, 0.15) is 17.3 Å². The quantitative estimate of drug-likeness (QED) is 0.428. The maximum Gasteiger partial charge on any atom is 0.197 e. The van der Waals surface area contributed by atoms with Gasteiger partial charge in [0.2, 0.25) is 0 Å². The summed E-state index contributed by atoms with van der Waals surface area (Å²) >= 11 is 0. The van der Waals surface area contributed by atoms with Crippen molar-refractivity contribution < 1.29 is 23.9 Å². The molecule has 5 nitrogen and oxygen atoms in total. The molecule has 0 unspecified atom stereocenters. The number of phenolic OH excluding ortho intramolecular Hbond substituents is 1. The number of hydrogen-bond donors (Lipinski definition) is 1. The van der Waals surface area contributed by atoms with Crippen molar-refractivity contribution in [3.8, 4) is 17.1 Å². The van der Waals surface area contributed by atoms with Crippen molar-refractivity contribution in [2.24, 2.45) is 0 Å². The minimum absolute atomic E-state index is 0.0623. The van der Waals surface area contributed by atoms with Crippen molar-refractivity contribution in [2.45, 2.75) is 6.92 Å². The zero-order chi connectivity index (χ0) is 19.1. The molecule has 0 saturated heterocycles. The lowest BCUT2D eigenvalue weighted by Gasteiger charge is -2.03. The second kappa shape index (κ2) is 6.21. The van der Waals surface area contributed by atoms with Gasteiger partial charge in [0.15, 0.2) is 17.3 Å². The molecule has 0 amide bonds. The molecule has 3 aromatic rings. The fourth-order valence-electron chi connectivity index (χ4n) is 3.10. The summed E-state index contributed by atoms with van der Waals surface area (Å²) in [5.41, 5.74) is 1.65. The van der Waals surface area contributed by atoms with Crippen molar-refractivity contribution in [1.82, 2.24) is 0 Å². The highest BCUT2D eigenvalue weighted by Gasteiger charge is 2.32. The highest BCUT2D eigenvalue weighted by atomic mass is 16.3. The first-order chi connectivity index (χ1) is 13.0. The summed E-state index contributed by atoms with van der Waals surface area (Å²) in [4.78, 5) is 36.5. The zero-order valence-corrected chi connectivity index (χ0v) is 14.4.